The molecule has 1 rings (SSSR count). The molecule has 1 aromatic heterocycles. The lowest BCUT2D eigenvalue weighted by Gasteiger charge is -2.28. The van der Waals surface area contributed by atoms with Gasteiger partial charge in [-0.2, -0.15) is 0 Å². The smallest absolute Gasteiger partial charge is 0.407 e. The highest BCUT2D eigenvalue weighted by molar-refractivity contribution is 14.0. The summed E-state index contributed by atoms with van der Waals surface area (Å²) in [7, 11) is 2.02. The maximum Gasteiger partial charge on any atom is 0.407 e. The zero-order valence-electron chi connectivity index (χ0n) is 19.6. The van der Waals surface area contributed by atoms with Crippen LogP contribution in [0.1, 0.15) is 53.5 Å². The van der Waals surface area contributed by atoms with E-state index in [4.69, 9.17) is 9.73 Å². The summed E-state index contributed by atoms with van der Waals surface area (Å²) in [6.07, 6.45) is 4.95. The number of amides is 1. The number of guanidine groups is 1. The van der Waals surface area contributed by atoms with Crippen molar-refractivity contribution in [3.05, 3.63) is 30.1 Å². The third-order valence-electron chi connectivity index (χ3n) is 4.36. The number of rotatable bonds is 9. The molecule has 7 nitrogen and oxygen atoms in total. The largest absolute Gasteiger partial charge is 0.444 e. The molecule has 1 unspecified atom stereocenters. The number of aliphatic imine (C=N–C) groups is 1. The van der Waals surface area contributed by atoms with Crippen LogP contribution in [0.4, 0.5) is 4.79 Å². The van der Waals surface area contributed by atoms with Gasteiger partial charge in [0.15, 0.2) is 5.96 Å². The Balaban J connectivity index is 0.00000841. The number of pyridine rings is 1. The zero-order chi connectivity index (χ0) is 21.9. The monoisotopic (exact) mass is 533 g/mol. The Kier molecular flexibility index (Phi) is 13.7. The summed E-state index contributed by atoms with van der Waals surface area (Å²) < 4.78 is 5.40. The molecule has 1 atom stereocenters. The van der Waals surface area contributed by atoms with E-state index < -0.39 is 5.60 Å². The highest BCUT2D eigenvalue weighted by Crippen LogP contribution is 2.11. The Morgan fingerprint density at radius 2 is 2.03 bits per heavy atom. The molecular weight excluding hydrogens is 493 g/mol. The molecule has 0 aromatic carbocycles. The number of hydrogen-bond acceptors (Lipinski definition) is 4. The third-order valence-corrected chi connectivity index (χ3v) is 4.36. The molecule has 0 spiro atoms. The fraction of sp³-hybridized carbons (Fsp3) is 0.682. The van der Waals surface area contributed by atoms with Gasteiger partial charge in [0, 0.05) is 45.1 Å². The van der Waals surface area contributed by atoms with Crippen molar-refractivity contribution in [2.24, 2.45) is 10.9 Å². The van der Waals surface area contributed by atoms with Crippen LogP contribution >= 0.6 is 24.0 Å². The van der Waals surface area contributed by atoms with Crippen molar-refractivity contribution in [3.8, 4) is 0 Å². The van der Waals surface area contributed by atoms with Crippen LogP contribution in [0.25, 0.3) is 0 Å². The first kappa shape index (κ1) is 28.4. The summed E-state index contributed by atoms with van der Waals surface area (Å²) in [5.74, 6) is 1.18. The standard InChI is InChI=1S/C22H39N5O2.HI/c1-8-24-20(25-14-11-18-10-9-13-23-16-18)27(7)15-12-19(17(2)3)26-21(28)29-22(4,5)6;/h9-10,13,16-17,19H,8,11-12,14-15H2,1-7H3,(H,24,25)(H,26,28);1H. The number of nitrogens with one attached hydrogen (secondary N) is 2. The summed E-state index contributed by atoms with van der Waals surface area (Å²) in [6.45, 7) is 14.2. The van der Waals surface area contributed by atoms with Crippen molar-refractivity contribution in [2.75, 3.05) is 26.7 Å². The van der Waals surface area contributed by atoms with Gasteiger partial charge in [-0.15, -0.1) is 24.0 Å². The Hall–Kier alpha value is -1.58. The number of carbonyl (C=O) groups is 1. The number of ether oxygens (including phenoxy) is 1. The fourth-order valence-corrected chi connectivity index (χ4v) is 2.78. The minimum atomic E-state index is -0.498. The van der Waals surface area contributed by atoms with Crippen molar-refractivity contribution in [1.29, 1.82) is 0 Å². The number of carbonyl (C=O) groups excluding carboxylic acids is 1. The van der Waals surface area contributed by atoms with Crippen LogP contribution in [-0.4, -0.2) is 60.3 Å². The molecule has 0 bridgehead atoms. The molecule has 1 amide bonds. The first-order valence-corrected chi connectivity index (χ1v) is 10.5. The number of hydrogen-bond donors (Lipinski definition) is 2. The van der Waals surface area contributed by atoms with Crippen molar-refractivity contribution < 1.29 is 9.53 Å². The van der Waals surface area contributed by atoms with Crippen molar-refractivity contribution >= 4 is 36.0 Å². The molecule has 1 heterocycles. The number of nitrogens with zero attached hydrogens (tertiary/aromatic N) is 3. The van der Waals surface area contributed by atoms with Crippen molar-refractivity contribution in [2.45, 2.75) is 66.0 Å². The van der Waals surface area contributed by atoms with Gasteiger partial charge in [0.2, 0.25) is 0 Å². The van der Waals surface area contributed by atoms with Gasteiger partial charge >= 0.3 is 6.09 Å². The first-order valence-electron chi connectivity index (χ1n) is 10.5. The zero-order valence-corrected chi connectivity index (χ0v) is 21.9. The summed E-state index contributed by atoms with van der Waals surface area (Å²) >= 11 is 0. The third kappa shape index (κ3) is 12.2. The van der Waals surface area contributed by atoms with E-state index in [1.165, 1.54) is 5.56 Å². The SMILES string of the molecule is CCNC(=NCCc1cccnc1)N(C)CCC(NC(=O)OC(C)(C)C)C(C)C.I. The molecule has 0 aliphatic rings. The lowest BCUT2D eigenvalue weighted by atomic mass is 10.0. The Morgan fingerprint density at radius 3 is 2.57 bits per heavy atom. The van der Waals surface area contributed by atoms with Crippen molar-refractivity contribution in [3.63, 3.8) is 0 Å². The molecule has 2 N–H and O–H groups in total. The minimum Gasteiger partial charge on any atom is -0.444 e. The van der Waals surface area contributed by atoms with Crippen LogP contribution in [0.3, 0.4) is 0 Å². The maximum absolute atomic E-state index is 12.1. The summed E-state index contributed by atoms with van der Waals surface area (Å²) in [4.78, 5) is 23.1. The predicted molar refractivity (Wildman–Crippen MR) is 135 cm³/mol. The van der Waals surface area contributed by atoms with E-state index in [2.05, 4.69) is 47.4 Å². The normalized spacial score (nSPS) is 12.7. The average Bonchev–Trinajstić information content (AvgIpc) is 2.63. The predicted octanol–water partition coefficient (Wildman–Crippen LogP) is 4.08. The second-order valence-corrected chi connectivity index (χ2v) is 8.55. The van der Waals surface area contributed by atoms with E-state index in [-0.39, 0.29) is 36.1 Å². The highest BCUT2D eigenvalue weighted by Gasteiger charge is 2.22. The number of alkyl carbamates (subject to hydrolysis) is 1. The minimum absolute atomic E-state index is 0. The van der Waals surface area contributed by atoms with E-state index in [0.717, 1.165) is 31.9 Å². The first-order chi connectivity index (χ1) is 13.6. The number of aromatic nitrogens is 1. The van der Waals surface area contributed by atoms with Crippen LogP contribution in [0.2, 0.25) is 0 Å². The molecular formula is C22H40IN5O2. The Morgan fingerprint density at radius 1 is 1.33 bits per heavy atom. The Bertz CT molecular complexity index is 632. The van der Waals surface area contributed by atoms with Crippen LogP contribution in [0, 0.1) is 5.92 Å². The molecule has 30 heavy (non-hydrogen) atoms. The molecule has 8 heteroatoms. The van der Waals surface area contributed by atoms with Crippen LogP contribution in [-0.2, 0) is 11.2 Å². The number of halogens is 1. The second-order valence-electron chi connectivity index (χ2n) is 8.55. The van der Waals surface area contributed by atoms with E-state index in [9.17, 15) is 4.79 Å². The van der Waals surface area contributed by atoms with Gasteiger partial charge in [-0.25, -0.2) is 4.79 Å². The van der Waals surface area contributed by atoms with Gasteiger partial charge in [-0.3, -0.25) is 9.98 Å². The van der Waals surface area contributed by atoms with E-state index in [0.29, 0.717) is 12.5 Å². The van der Waals surface area contributed by atoms with Crippen LogP contribution in [0.15, 0.2) is 29.5 Å². The highest BCUT2D eigenvalue weighted by atomic mass is 127. The average molecular weight is 533 g/mol. The molecule has 0 aliphatic carbocycles. The fourth-order valence-electron chi connectivity index (χ4n) is 2.78. The molecule has 0 radical (unpaired) electrons. The van der Waals surface area contributed by atoms with Gasteiger partial charge in [0.05, 0.1) is 0 Å². The van der Waals surface area contributed by atoms with Crippen LogP contribution in [0.5, 0.6) is 0 Å². The van der Waals surface area contributed by atoms with E-state index in [1.807, 2.05) is 40.1 Å². The van der Waals surface area contributed by atoms with Gasteiger partial charge in [-0.1, -0.05) is 19.9 Å². The lowest BCUT2D eigenvalue weighted by molar-refractivity contribution is 0.0486. The summed E-state index contributed by atoms with van der Waals surface area (Å²) in [6, 6.07) is 4.04. The molecule has 172 valence electrons. The van der Waals surface area contributed by atoms with E-state index in [1.54, 1.807) is 6.20 Å². The van der Waals surface area contributed by atoms with E-state index >= 15 is 0 Å². The molecule has 1 aromatic rings. The topological polar surface area (TPSA) is 78.9 Å². The molecule has 0 aliphatic heterocycles. The van der Waals surface area contributed by atoms with Crippen molar-refractivity contribution in [1.82, 2.24) is 20.5 Å². The molecule has 0 saturated carbocycles. The van der Waals surface area contributed by atoms with Gasteiger partial charge in [-0.05, 0) is 58.1 Å². The quantitative estimate of drug-likeness (QED) is 0.284. The molecule has 0 saturated heterocycles. The van der Waals surface area contributed by atoms with Gasteiger partial charge in [0.1, 0.15) is 5.60 Å². The summed E-state index contributed by atoms with van der Waals surface area (Å²) in [5, 5.41) is 6.35. The van der Waals surface area contributed by atoms with Gasteiger partial charge < -0.3 is 20.3 Å². The second kappa shape index (κ2) is 14.4. The Labute approximate surface area is 199 Å². The lowest BCUT2D eigenvalue weighted by Crippen LogP contribution is -2.45. The van der Waals surface area contributed by atoms with Gasteiger partial charge in [0.25, 0.3) is 0 Å². The maximum atomic E-state index is 12.1. The summed E-state index contributed by atoms with van der Waals surface area (Å²) in [5.41, 5.74) is 0.679. The van der Waals surface area contributed by atoms with Crippen LogP contribution < -0.4 is 10.6 Å². The molecule has 0 fully saturated rings.